The molecule has 0 bridgehead atoms. The normalized spacial score (nSPS) is 12.0. The molecule has 0 saturated heterocycles. The fourth-order valence-electron chi connectivity index (χ4n) is 1.98. The van der Waals surface area contributed by atoms with Crippen LogP contribution in [0.25, 0.3) is 0 Å². The second kappa shape index (κ2) is 7.84. The lowest BCUT2D eigenvalue weighted by Gasteiger charge is -2.12. The molecule has 22 heavy (non-hydrogen) atoms. The van der Waals surface area contributed by atoms with E-state index in [2.05, 4.69) is 5.32 Å². The van der Waals surface area contributed by atoms with Crippen molar-refractivity contribution in [2.45, 2.75) is 13.0 Å². The highest BCUT2D eigenvalue weighted by molar-refractivity contribution is 6.36. The van der Waals surface area contributed by atoms with Crippen LogP contribution in [-0.4, -0.2) is 12.5 Å². The quantitative estimate of drug-likeness (QED) is 0.836. The van der Waals surface area contributed by atoms with Gasteiger partial charge in [0.15, 0.2) is 6.54 Å². The maximum Gasteiger partial charge on any atom is 0.279 e. The van der Waals surface area contributed by atoms with E-state index in [1.807, 2.05) is 36.5 Å². The number of hydrogen-bond acceptors (Lipinski definition) is 1. The largest absolute Gasteiger partial charge is 0.333 e. The van der Waals surface area contributed by atoms with Gasteiger partial charge in [0.25, 0.3) is 5.91 Å². The van der Waals surface area contributed by atoms with Crippen LogP contribution in [0.15, 0.2) is 42.5 Å². The third kappa shape index (κ3) is 4.89. The van der Waals surface area contributed by atoms with E-state index in [-0.39, 0.29) is 11.9 Å². The predicted molar refractivity (Wildman–Crippen MR) is 91.8 cm³/mol. The molecule has 0 radical (unpaired) electrons. The molecule has 3 N–H and O–H groups in total. The molecule has 6 heteroatoms. The molecule has 0 spiro atoms. The third-order valence-corrected chi connectivity index (χ3v) is 4.06. The lowest BCUT2D eigenvalue weighted by atomic mass is 10.1. The van der Waals surface area contributed by atoms with Gasteiger partial charge in [-0.05, 0) is 37.3 Å². The number of nitrogens with two attached hydrogens (primary N) is 1. The van der Waals surface area contributed by atoms with Crippen LogP contribution in [0.5, 0.6) is 0 Å². The van der Waals surface area contributed by atoms with Crippen molar-refractivity contribution in [3.05, 3.63) is 63.1 Å². The molecule has 2 aromatic rings. The van der Waals surface area contributed by atoms with E-state index in [4.69, 9.17) is 34.8 Å². The molecule has 0 aliphatic rings. The van der Waals surface area contributed by atoms with Gasteiger partial charge in [-0.3, -0.25) is 4.79 Å². The van der Waals surface area contributed by atoms with E-state index in [0.717, 1.165) is 5.56 Å². The summed E-state index contributed by atoms with van der Waals surface area (Å²) in [6, 6.07) is 12.7. The van der Waals surface area contributed by atoms with Crippen molar-refractivity contribution in [1.82, 2.24) is 0 Å². The van der Waals surface area contributed by atoms with Crippen LogP contribution in [0.2, 0.25) is 15.1 Å². The Labute approximate surface area is 144 Å². The van der Waals surface area contributed by atoms with E-state index in [1.54, 1.807) is 18.2 Å². The fraction of sp³-hybridized carbons (Fsp3) is 0.188. The third-order valence-electron chi connectivity index (χ3n) is 3.26. The summed E-state index contributed by atoms with van der Waals surface area (Å²) in [6.45, 7) is 2.33. The summed E-state index contributed by atoms with van der Waals surface area (Å²) in [5.41, 5.74) is 1.67. The zero-order valence-electron chi connectivity index (χ0n) is 11.9. The van der Waals surface area contributed by atoms with Crippen molar-refractivity contribution in [3.8, 4) is 0 Å². The molecule has 0 unspecified atom stereocenters. The first-order chi connectivity index (χ1) is 10.5. The Morgan fingerprint density at radius 3 is 2.36 bits per heavy atom. The summed E-state index contributed by atoms with van der Waals surface area (Å²) >= 11 is 17.7. The number of carbonyl (C=O) groups excluding carboxylic acids is 1. The van der Waals surface area contributed by atoms with Gasteiger partial charge >= 0.3 is 0 Å². The van der Waals surface area contributed by atoms with Crippen LogP contribution in [-0.2, 0) is 4.79 Å². The maximum atomic E-state index is 12.0. The van der Waals surface area contributed by atoms with E-state index in [9.17, 15) is 4.79 Å². The van der Waals surface area contributed by atoms with Crippen molar-refractivity contribution in [2.24, 2.45) is 0 Å². The number of amides is 1. The van der Waals surface area contributed by atoms with Gasteiger partial charge in [0.2, 0.25) is 0 Å². The van der Waals surface area contributed by atoms with Crippen LogP contribution in [0.3, 0.4) is 0 Å². The minimum Gasteiger partial charge on any atom is -0.333 e. The van der Waals surface area contributed by atoms with Gasteiger partial charge in [-0.1, -0.05) is 46.9 Å². The molecule has 0 aliphatic heterocycles. The second-order valence-corrected chi connectivity index (χ2v) is 6.23. The Kier molecular flexibility index (Phi) is 6.09. The standard InChI is InChI=1S/C16H15Cl3N2O/c1-10(11-2-4-12(17)5-3-11)20-9-16(22)21-15-7-6-13(18)8-14(15)19/h2-8,10,20H,9H2,1H3,(H,21,22)/p+1/t10-/m0/s1. The summed E-state index contributed by atoms with van der Waals surface area (Å²) in [4.78, 5) is 12.0. The number of nitrogens with one attached hydrogen (secondary N) is 1. The molecule has 2 aromatic carbocycles. The molecule has 0 fully saturated rings. The van der Waals surface area contributed by atoms with Crippen molar-refractivity contribution in [1.29, 1.82) is 0 Å². The first-order valence-corrected chi connectivity index (χ1v) is 7.93. The van der Waals surface area contributed by atoms with Crippen LogP contribution < -0.4 is 10.6 Å². The maximum absolute atomic E-state index is 12.0. The second-order valence-electron chi connectivity index (χ2n) is 4.95. The topological polar surface area (TPSA) is 45.7 Å². The Morgan fingerprint density at radius 1 is 1.09 bits per heavy atom. The molecule has 1 atom stereocenters. The smallest absolute Gasteiger partial charge is 0.279 e. The zero-order chi connectivity index (χ0) is 16.1. The number of quaternary nitrogens is 1. The van der Waals surface area contributed by atoms with E-state index < -0.39 is 0 Å². The first kappa shape index (κ1) is 17.1. The van der Waals surface area contributed by atoms with Crippen LogP contribution in [0.4, 0.5) is 5.69 Å². The van der Waals surface area contributed by atoms with E-state index in [0.29, 0.717) is 27.3 Å². The summed E-state index contributed by atoms with van der Waals surface area (Å²) < 4.78 is 0. The summed E-state index contributed by atoms with van der Waals surface area (Å²) in [5.74, 6) is -0.120. The minimum atomic E-state index is -0.120. The molecular weight excluding hydrogens is 343 g/mol. The number of carbonyl (C=O) groups is 1. The molecule has 3 nitrogen and oxygen atoms in total. The molecule has 116 valence electrons. The van der Waals surface area contributed by atoms with Gasteiger partial charge in [0, 0.05) is 15.6 Å². The van der Waals surface area contributed by atoms with Crippen molar-refractivity contribution < 1.29 is 10.1 Å². The average molecular weight is 359 g/mol. The summed E-state index contributed by atoms with van der Waals surface area (Å²) in [6.07, 6.45) is 0. The fourth-order valence-corrected chi connectivity index (χ4v) is 2.56. The van der Waals surface area contributed by atoms with Gasteiger partial charge in [-0.25, -0.2) is 0 Å². The zero-order valence-corrected chi connectivity index (χ0v) is 14.2. The van der Waals surface area contributed by atoms with Gasteiger partial charge in [0.1, 0.15) is 6.04 Å². The Hall–Kier alpha value is -1.26. The van der Waals surface area contributed by atoms with Crippen molar-refractivity contribution in [3.63, 3.8) is 0 Å². The number of anilines is 1. The highest BCUT2D eigenvalue weighted by Crippen LogP contribution is 2.25. The first-order valence-electron chi connectivity index (χ1n) is 6.79. The number of hydrogen-bond donors (Lipinski definition) is 2. The number of rotatable bonds is 5. The molecule has 0 saturated carbocycles. The predicted octanol–water partition coefficient (Wildman–Crippen LogP) is 3.91. The molecule has 1 amide bonds. The van der Waals surface area contributed by atoms with Gasteiger partial charge in [-0.15, -0.1) is 0 Å². The van der Waals surface area contributed by atoms with Crippen molar-refractivity contribution >= 4 is 46.4 Å². The molecule has 2 rings (SSSR count). The van der Waals surface area contributed by atoms with Crippen molar-refractivity contribution in [2.75, 3.05) is 11.9 Å². The average Bonchev–Trinajstić information content (AvgIpc) is 2.48. The lowest BCUT2D eigenvalue weighted by Crippen LogP contribution is -2.86. The van der Waals surface area contributed by atoms with Crippen LogP contribution in [0, 0.1) is 0 Å². The SMILES string of the molecule is C[C@H]([NH2+]CC(=O)Nc1ccc(Cl)cc1Cl)c1ccc(Cl)cc1. The Balaban J connectivity index is 1.88. The molecule has 0 heterocycles. The Bertz CT molecular complexity index is 659. The van der Waals surface area contributed by atoms with E-state index in [1.165, 1.54) is 0 Å². The highest BCUT2D eigenvalue weighted by Gasteiger charge is 2.12. The van der Waals surface area contributed by atoms with Gasteiger partial charge in [0.05, 0.1) is 10.7 Å². The van der Waals surface area contributed by atoms with E-state index >= 15 is 0 Å². The summed E-state index contributed by atoms with van der Waals surface area (Å²) in [5, 5.41) is 6.37. The molecular formula is C16H16Cl3N2O+. The highest BCUT2D eigenvalue weighted by atomic mass is 35.5. The van der Waals surface area contributed by atoms with Crippen LogP contribution >= 0.6 is 34.8 Å². The van der Waals surface area contributed by atoms with Gasteiger partial charge < -0.3 is 10.6 Å². The molecule has 0 aliphatic carbocycles. The Morgan fingerprint density at radius 2 is 1.73 bits per heavy atom. The van der Waals surface area contributed by atoms with Crippen LogP contribution in [0.1, 0.15) is 18.5 Å². The minimum absolute atomic E-state index is 0.120. The van der Waals surface area contributed by atoms with Gasteiger partial charge in [-0.2, -0.15) is 0 Å². The monoisotopic (exact) mass is 357 g/mol. The summed E-state index contributed by atoms with van der Waals surface area (Å²) in [7, 11) is 0. The lowest BCUT2D eigenvalue weighted by molar-refractivity contribution is -0.682. The molecule has 0 aromatic heterocycles. The number of halogens is 3. The number of benzene rings is 2.